The first-order valence-electron chi connectivity index (χ1n) is 6.75. The molecular formula is C15H10FN5O3. The maximum atomic E-state index is 12.9. The van der Waals surface area contributed by atoms with E-state index in [0.717, 1.165) is 6.07 Å². The molecule has 3 rings (SSSR count). The van der Waals surface area contributed by atoms with Gasteiger partial charge in [-0.05, 0) is 36.4 Å². The molecule has 0 atom stereocenters. The van der Waals surface area contributed by atoms with Gasteiger partial charge in [-0.3, -0.25) is 14.9 Å². The van der Waals surface area contributed by atoms with E-state index in [1.54, 1.807) is 0 Å². The summed E-state index contributed by atoms with van der Waals surface area (Å²) in [6, 6.07) is 9.18. The van der Waals surface area contributed by atoms with Gasteiger partial charge >= 0.3 is 0 Å². The van der Waals surface area contributed by atoms with Gasteiger partial charge in [0.15, 0.2) is 0 Å². The zero-order chi connectivity index (χ0) is 17.1. The van der Waals surface area contributed by atoms with Crippen molar-refractivity contribution in [1.82, 2.24) is 14.8 Å². The van der Waals surface area contributed by atoms with Gasteiger partial charge in [0, 0.05) is 17.3 Å². The Balaban J connectivity index is 1.91. The SMILES string of the molecule is O=C(Nc1ccc(F)cc1)c1ccc(-n2cncn2)c([N+](=O)[O-])c1. The second kappa shape index (κ2) is 6.24. The molecule has 0 saturated heterocycles. The number of carbonyl (C=O) groups excluding carboxylic acids is 1. The van der Waals surface area contributed by atoms with Crippen molar-refractivity contribution >= 4 is 17.3 Å². The number of nitrogens with zero attached hydrogens (tertiary/aromatic N) is 4. The quantitative estimate of drug-likeness (QED) is 0.586. The standard InChI is InChI=1S/C15H10FN5O3/c16-11-2-4-12(5-3-11)19-15(22)10-1-6-13(14(7-10)21(23)24)20-9-17-8-18-20/h1-9H,(H,19,22). The van der Waals surface area contributed by atoms with Gasteiger partial charge in [-0.1, -0.05) is 0 Å². The third-order valence-electron chi connectivity index (χ3n) is 3.20. The largest absolute Gasteiger partial charge is 0.322 e. The smallest absolute Gasteiger partial charge is 0.295 e. The molecule has 0 spiro atoms. The Bertz CT molecular complexity index is 894. The first-order valence-corrected chi connectivity index (χ1v) is 6.75. The highest BCUT2D eigenvalue weighted by atomic mass is 19.1. The van der Waals surface area contributed by atoms with E-state index in [9.17, 15) is 19.3 Å². The van der Waals surface area contributed by atoms with Crippen molar-refractivity contribution in [3.05, 3.63) is 76.6 Å². The summed E-state index contributed by atoms with van der Waals surface area (Å²) in [6.45, 7) is 0. The summed E-state index contributed by atoms with van der Waals surface area (Å²) in [5, 5.41) is 17.6. The van der Waals surface area contributed by atoms with Gasteiger partial charge in [0.1, 0.15) is 24.2 Å². The molecule has 0 saturated carbocycles. The van der Waals surface area contributed by atoms with E-state index in [-0.39, 0.29) is 16.9 Å². The van der Waals surface area contributed by atoms with Crippen LogP contribution in [0, 0.1) is 15.9 Å². The van der Waals surface area contributed by atoms with E-state index < -0.39 is 16.6 Å². The molecule has 120 valence electrons. The fourth-order valence-corrected chi connectivity index (χ4v) is 2.07. The van der Waals surface area contributed by atoms with E-state index in [4.69, 9.17) is 0 Å². The number of aromatic nitrogens is 3. The molecule has 0 fully saturated rings. The third-order valence-corrected chi connectivity index (χ3v) is 3.20. The lowest BCUT2D eigenvalue weighted by Gasteiger charge is -2.07. The second-order valence-corrected chi connectivity index (χ2v) is 4.76. The monoisotopic (exact) mass is 327 g/mol. The van der Waals surface area contributed by atoms with E-state index in [0.29, 0.717) is 5.69 Å². The Labute approximate surface area is 134 Å². The van der Waals surface area contributed by atoms with Gasteiger partial charge in [-0.15, -0.1) is 0 Å². The van der Waals surface area contributed by atoms with Crippen LogP contribution < -0.4 is 5.32 Å². The minimum Gasteiger partial charge on any atom is -0.322 e. The van der Waals surface area contributed by atoms with Crippen LogP contribution in [0.1, 0.15) is 10.4 Å². The molecule has 9 heteroatoms. The summed E-state index contributed by atoms with van der Waals surface area (Å²) < 4.78 is 14.1. The van der Waals surface area contributed by atoms with Crippen molar-refractivity contribution in [3.63, 3.8) is 0 Å². The van der Waals surface area contributed by atoms with Crippen molar-refractivity contribution in [2.75, 3.05) is 5.32 Å². The van der Waals surface area contributed by atoms with Crippen molar-refractivity contribution in [1.29, 1.82) is 0 Å². The Hall–Kier alpha value is -3.62. The molecule has 0 aliphatic rings. The summed E-state index contributed by atoms with van der Waals surface area (Å²) in [4.78, 5) is 26.6. The maximum absolute atomic E-state index is 12.9. The van der Waals surface area contributed by atoms with Crippen LogP contribution in [0.2, 0.25) is 0 Å². The fraction of sp³-hybridized carbons (Fsp3) is 0. The zero-order valence-electron chi connectivity index (χ0n) is 12.1. The number of amides is 1. The molecule has 8 nitrogen and oxygen atoms in total. The van der Waals surface area contributed by atoms with Crippen molar-refractivity contribution in [2.24, 2.45) is 0 Å². The molecule has 24 heavy (non-hydrogen) atoms. The van der Waals surface area contributed by atoms with Crippen molar-refractivity contribution in [2.45, 2.75) is 0 Å². The number of anilines is 1. The van der Waals surface area contributed by atoms with E-state index in [1.165, 1.54) is 53.7 Å². The van der Waals surface area contributed by atoms with Gasteiger partial charge in [-0.25, -0.2) is 14.1 Å². The molecule has 1 amide bonds. The number of nitrogens with one attached hydrogen (secondary N) is 1. The number of benzene rings is 2. The molecule has 1 aromatic heterocycles. The number of halogens is 1. The first-order chi connectivity index (χ1) is 11.5. The third kappa shape index (κ3) is 3.09. The van der Waals surface area contributed by atoms with Crippen LogP contribution in [-0.4, -0.2) is 25.6 Å². The predicted molar refractivity (Wildman–Crippen MR) is 82.4 cm³/mol. The van der Waals surface area contributed by atoms with E-state index in [1.807, 2.05) is 0 Å². The average molecular weight is 327 g/mol. The minimum atomic E-state index is -0.605. The molecule has 1 N–H and O–H groups in total. The highest BCUT2D eigenvalue weighted by molar-refractivity contribution is 6.04. The molecule has 0 aliphatic carbocycles. The van der Waals surface area contributed by atoms with Gasteiger partial charge in [0.2, 0.25) is 0 Å². The van der Waals surface area contributed by atoms with Gasteiger partial charge < -0.3 is 5.32 Å². The second-order valence-electron chi connectivity index (χ2n) is 4.76. The molecular weight excluding hydrogens is 317 g/mol. The van der Waals surface area contributed by atoms with Crippen LogP contribution in [0.3, 0.4) is 0 Å². The molecule has 0 radical (unpaired) electrons. The van der Waals surface area contributed by atoms with Crippen LogP contribution in [0.15, 0.2) is 55.1 Å². The lowest BCUT2D eigenvalue weighted by atomic mass is 10.1. The molecule has 1 heterocycles. The summed E-state index contributed by atoms with van der Waals surface area (Å²) in [6.07, 6.45) is 2.57. The van der Waals surface area contributed by atoms with Crippen LogP contribution in [0.4, 0.5) is 15.8 Å². The molecule has 0 unspecified atom stereocenters. The van der Waals surface area contributed by atoms with E-state index >= 15 is 0 Å². The van der Waals surface area contributed by atoms with Crippen molar-refractivity contribution < 1.29 is 14.1 Å². The number of carbonyl (C=O) groups is 1. The van der Waals surface area contributed by atoms with E-state index in [2.05, 4.69) is 15.4 Å². The van der Waals surface area contributed by atoms with Crippen LogP contribution >= 0.6 is 0 Å². The highest BCUT2D eigenvalue weighted by Gasteiger charge is 2.19. The van der Waals surface area contributed by atoms with Crippen molar-refractivity contribution in [3.8, 4) is 5.69 Å². The summed E-state index contributed by atoms with van der Waals surface area (Å²) in [5.74, 6) is -0.976. The van der Waals surface area contributed by atoms with Gasteiger partial charge in [0.25, 0.3) is 11.6 Å². The number of rotatable bonds is 4. The lowest BCUT2D eigenvalue weighted by molar-refractivity contribution is -0.384. The molecule has 0 bridgehead atoms. The zero-order valence-corrected chi connectivity index (χ0v) is 12.1. The lowest BCUT2D eigenvalue weighted by Crippen LogP contribution is -2.13. The highest BCUT2D eigenvalue weighted by Crippen LogP contribution is 2.24. The average Bonchev–Trinajstić information content (AvgIpc) is 3.10. The summed E-state index contributed by atoms with van der Waals surface area (Å²) in [5.41, 5.74) is 0.377. The maximum Gasteiger partial charge on any atom is 0.295 e. The minimum absolute atomic E-state index is 0.0925. The number of hydrogen-bond acceptors (Lipinski definition) is 5. The number of nitro benzene ring substituents is 1. The number of hydrogen-bond donors (Lipinski definition) is 1. The Kier molecular flexibility index (Phi) is 3.98. The van der Waals surface area contributed by atoms with Gasteiger partial charge in [0.05, 0.1) is 4.92 Å². The predicted octanol–water partition coefficient (Wildman–Crippen LogP) is 2.57. The Morgan fingerprint density at radius 2 is 1.96 bits per heavy atom. The summed E-state index contributed by atoms with van der Waals surface area (Å²) >= 11 is 0. The molecule has 3 aromatic rings. The molecule has 0 aliphatic heterocycles. The van der Waals surface area contributed by atoms with Crippen LogP contribution in [0.5, 0.6) is 0 Å². The summed E-state index contributed by atoms with van der Waals surface area (Å²) in [7, 11) is 0. The normalized spacial score (nSPS) is 10.4. The van der Waals surface area contributed by atoms with Gasteiger partial charge in [-0.2, -0.15) is 5.10 Å². The van der Waals surface area contributed by atoms with Crippen LogP contribution in [-0.2, 0) is 0 Å². The fourth-order valence-electron chi connectivity index (χ4n) is 2.07. The Morgan fingerprint density at radius 3 is 2.58 bits per heavy atom. The van der Waals surface area contributed by atoms with Crippen LogP contribution in [0.25, 0.3) is 5.69 Å². The molecule has 2 aromatic carbocycles. The first kappa shape index (κ1) is 15.3. The Morgan fingerprint density at radius 1 is 1.21 bits per heavy atom. The topological polar surface area (TPSA) is 103 Å². The number of nitro groups is 1.